The van der Waals surface area contributed by atoms with Gasteiger partial charge in [-0.1, -0.05) is 0 Å². The van der Waals surface area contributed by atoms with Gasteiger partial charge in [0.05, 0.1) is 0 Å². The van der Waals surface area contributed by atoms with E-state index in [-0.39, 0.29) is 0 Å². The Morgan fingerprint density at radius 1 is 0.667 bits per heavy atom. The van der Waals surface area contributed by atoms with E-state index in [1.807, 2.05) is 0 Å². The van der Waals surface area contributed by atoms with Gasteiger partial charge in [0, 0.05) is 0 Å². The molecule has 0 amide bonds. The molecule has 0 radical (unpaired) electrons. The second-order valence-corrected chi connectivity index (χ2v) is 27.7. The molecule has 2 aromatic carbocycles. The van der Waals surface area contributed by atoms with E-state index in [1.165, 1.54) is 43.9 Å². The first kappa shape index (κ1) is 17.1. The molecule has 112 valence electrons. The predicted molar refractivity (Wildman–Crippen MR) is 105 cm³/mol. The van der Waals surface area contributed by atoms with Crippen LogP contribution < -0.4 is 0 Å². The standard InChI is InChI=1S/C19H25GeI/c1-14-6-15(2)9-18(8-14)12-20(5,21)13-19-10-16(3)7-17(4)11-19/h6-11H,12-13H2,1-5H3. The monoisotopic (exact) mass is 454 g/mol. The zero-order valence-electron chi connectivity index (χ0n) is 13.8. The van der Waals surface area contributed by atoms with Gasteiger partial charge in [-0.2, -0.15) is 0 Å². The van der Waals surface area contributed by atoms with Crippen molar-refractivity contribution in [1.82, 2.24) is 0 Å². The number of hydrogen-bond donors (Lipinski definition) is 0. The van der Waals surface area contributed by atoms with Crippen molar-refractivity contribution in [2.75, 3.05) is 0 Å². The molecule has 0 unspecified atom stereocenters. The van der Waals surface area contributed by atoms with Crippen molar-refractivity contribution >= 4 is 30.2 Å². The Morgan fingerprint density at radius 3 is 1.24 bits per heavy atom. The first-order chi connectivity index (χ1) is 9.73. The van der Waals surface area contributed by atoms with Crippen LogP contribution in [-0.2, 0) is 10.5 Å². The number of hydrogen-bond acceptors (Lipinski definition) is 0. The molecule has 0 aliphatic heterocycles. The van der Waals surface area contributed by atoms with Crippen LogP contribution in [0.2, 0.25) is 5.76 Å². The van der Waals surface area contributed by atoms with E-state index in [4.69, 9.17) is 0 Å². The van der Waals surface area contributed by atoms with Crippen molar-refractivity contribution in [2.24, 2.45) is 0 Å². The SMILES string of the molecule is Cc1cc(C)cc([CH2][Ge]([CH3])([I])[CH2]c2cc(C)cc(C)c2)c1. The Labute approximate surface area is 143 Å². The van der Waals surface area contributed by atoms with Crippen LogP contribution in [0.15, 0.2) is 36.4 Å². The molecule has 0 N–H and O–H groups in total. The fourth-order valence-corrected chi connectivity index (χ4v) is 12.5. The summed E-state index contributed by atoms with van der Waals surface area (Å²) in [5, 5.41) is 2.60. The van der Waals surface area contributed by atoms with Gasteiger partial charge in [0.25, 0.3) is 0 Å². The Hall–Kier alpha value is -0.287. The Kier molecular flexibility index (Phi) is 5.58. The van der Waals surface area contributed by atoms with Crippen molar-refractivity contribution in [3.63, 3.8) is 0 Å². The van der Waals surface area contributed by atoms with Gasteiger partial charge in [-0.05, 0) is 0 Å². The number of halogens is 1. The van der Waals surface area contributed by atoms with E-state index >= 15 is 0 Å². The average molecular weight is 453 g/mol. The van der Waals surface area contributed by atoms with Crippen LogP contribution in [0.3, 0.4) is 0 Å². The predicted octanol–water partition coefficient (Wildman–Crippen LogP) is 5.79. The first-order valence-electron chi connectivity index (χ1n) is 7.57. The topological polar surface area (TPSA) is 0 Å². The molecular weight excluding hydrogens is 428 g/mol. The van der Waals surface area contributed by atoms with Crippen molar-refractivity contribution in [3.05, 3.63) is 69.8 Å². The molecule has 2 rings (SSSR count). The van der Waals surface area contributed by atoms with E-state index in [1.54, 1.807) is 0 Å². The molecule has 0 nitrogen and oxygen atoms in total. The molecular formula is C19H25GeI. The number of rotatable bonds is 4. The van der Waals surface area contributed by atoms with Crippen LogP contribution in [0.4, 0.5) is 0 Å². The molecule has 0 aliphatic carbocycles. The molecule has 0 saturated heterocycles. The fourth-order valence-electron chi connectivity index (χ4n) is 3.26. The van der Waals surface area contributed by atoms with Crippen LogP contribution >= 0.6 is 20.2 Å². The minimum absolute atomic E-state index is 1.30. The van der Waals surface area contributed by atoms with Gasteiger partial charge in [0.2, 0.25) is 0 Å². The molecule has 2 aromatic rings. The van der Waals surface area contributed by atoms with Gasteiger partial charge in [-0.25, -0.2) is 0 Å². The quantitative estimate of drug-likeness (QED) is 0.406. The third-order valence-electron chi connectivity index (χ3n) is 3.71. The zero-order valence-corrected chi connectivity index (χ0v) is 18.0. The Balaban J connectivity index is 2.17. The molecule has 0 saturated carbocycles. The van der Waals surface area contributed by atoms with E-state index in [9.17, 15) is 0 Å². The van der Waals surface area contributed by atoms with E-state index in [0.29, 0.717) is 0 Å². The molecule has 0 aromatic heterocycles. The zero-order chi connectivity index (χ0) is 15.6. The summed E-state index contributed by atoms with van der Waals surface area (Å²) in [6.07, 6.45) is 0. The minimum atomic E-state index is -1.85. The fraction of sp³-hybridized carbons (Fsp3) is 0.368. The van der Waals surface area contributed by atoms with Gasteiger partial charge in [-0.3, -0.25) is 0 Å². The van der Waals surface area contributed by atoms with E-state index in [0.717, 1.165) is 0 Å². The van der Waals surface area contributed by atoms with Crippen molar-refractivity contribution in [2.45, 2.75) is 44.0 Å². The number of benzene rings is 2. The van der Waals surface area contributed by atoms with Crippen LogP contribution in [-0.4, -0.2) is 9.96 Å². The molecule has 0 aliphatic rings. The van der Waals surface area contributed by atoms with Gasteiger partial charge < -0.3 is 0 Å². The van der Waals surface area contributed by atoms with Crippen molar-refractivity contribution < 1.29 is 0 Å². The van der Waals surface area contributed by atoms with Crippen molar-refractivity contribution in [1.29, 1.82) is 0 Å². The maximum absolute atomic E-state index is 2.82. The first-order valence-corrected chi connectivity index (χ1v) is 19.0. The van der Waals surface area contributed by atoms with Gasteiger partial charge in [-0.15, -0.1) is 0 Å². The maximum atomic E-state index is 2.82. The molecule has 0 spiro atoms. The summed E-state index contributed by atoms with van der Waals surface area (Å²) in [5.74, 6) is 2.55. The van der Waals surface area contributed by atoms with Gasteiger partial charge in [0.15, 0.2) is 0 Å². The molecule has 0 fully saturated rings. The summed E-state index contributed by atoms with van der Waals surface area (Å²) in [6, 6.07) is 14.0. The summed E-state index contributed by atoms with van der Waals surface area (Å²) in [7, 11) is -1.85. The normalized spacial score (nSPS) is 11.7. The summed E-state index contributed by atoms with van der Waals surface area (Å²) >= 11 is 2.82. The molecule has 0 atom stereocenters. The second-order valence-electron chi connectivity index (χ2n) is 6.76. The Bertz CT molecular complexity index is 548. The second kappa shape index (κ2) is 6.86. The summed E-state index contributed by atoms with van der Waals surface area (Å²) < 4.78 is 0. The van der Waals surface area contributed by atoms with Crippen LogP contribution in [0.1, 0.15) is 33.4 Å². The molecule has 0 heterocycles. The molecule has 2 heteroatoms. The van der Waals surface area contributed by atoms with E-state index < -0.39 is 9.96 Å². The Morgan fingerprint density at radius 2 is 0.952 bits per heavy atom. The van der Waals surface area contributed by atoms with E-state index in [2.05, 4.69) is 90.1 Å². The van der Waals surface area contributed by atoms with Gasteiger partial charge >= 0.3 is 144 Å². The van der Waals surface area contributed by atoms with Crippen LogP contribution in [0, 0.1) is 27.7 Å². The van der Waals surface area contributed by atoms with Crippen LogP contribution in [0.25, 0.3) is 0 Å². The van der Waals surface area contributed by atoms with Gasteiger partial charge in [0.1, 0.15) is 0 Å². The molecule has 21 heavy (non-hydrogen) atoms. The summed E-state index contributed by atoms with van der Waals surface area (Å²) in [5.41, 5.74) is 8.65. The third-order valence-corrected chi connectivity index (χ3v) is 12.5. The molecule has 0 bridgehead atoms. The third kappa shape index (κ3) is 5.44. The van der Waals surface area contributed by atoms with Crippen LogP contribution in [0.5, 0.6) is 0 Å². The van der Waals surface area contributed by atoms with Crippen molar-refractivity contribution in [3.8, 4) is 0 Å². The average Bonchev–Trinajstić information content (AvgIpc) is 2.23. The summed E-state index contributed by atoms with van der Waals surface area (Å²) in [6.45, 7) is 8.83. The summed E-state index contributed by atoms with van der Waals surface area (Å²) in [4.78, 5) is 0. The number of aryl methyl sites for hydroxylation is 4.